The summed E-state index contributed by atoms with van der Waals surface area (Å²) < 4.78 is 15.3. The maximum Gasteiger partial charge on any atom is 0.0704 e. The third-order valence-corrected chi connectivity index (χ3v) is 1.24. The minimum atomic E-state index is 0.00855. The van der Waals surface area contributed by atoms with Gasteiger partial charge in [-0.1, -0.05) is 0 Å². The monoisotopic (exact) mass is 191 g/mol. The van der Waals surface area contributed by atoms with E-state index < -0.39 is 0 Å². The topological polar surface area (TPSA) is 47.9 Å². The normalized spacial score (nSPS) is 11.1. The number of rotatable bonds is 9. The van der Waals surface area contributed by atoms with Gasteiger partial charge in [0.15, 0.2) is 0 Å². The third-order valence-electron chi connectivity index (χ3n) is 1.24. The summed E-state index contributed by atoms with van der Waals surface area (Å²) in [5, 5.41) is 8.38. The van der Waals surface area contributed by atoms with Gasteiger partial charge >= 0.3 is 0 Å². The van der Waals surface area contributed by atoms with Crippen molar-refractivity contribution in [2.24, 2.45) is 0 Å². The average molecular weight is 191 g/mol. The Morgan fingerprint density at radius 3 is 2.15 bits per heavy atom. The summed E-state index contributed by atoms with van der Waals surface area (Å²) >= 11 is 0. The van der Waals surface area contributed by atoms with Gasteiger partial charge in [0.05, 0.1) is 45.7 Å². The van der Waals surface area contributed by atoms with E-state index in [1.165, 1.54) is 0 Å². The van der Waals surface area contributed by atoms with Gasteiger partial charge in [-0.3, -0.25) is 0 Å². The maximum atomic E-state index is 8.38. The zero-order valence-electron chi connectivity index (χ0n) is 8.20. The van der Waals surface area contributed by atoms with E-state index in [-0.39, 0.29) is 12.7 Å². The fourth-order valence-electron chi connectivity index (χ4n) is 0.695. The smallest absolute Gasteiger partial charge is 0.0704 e. The Bertz CT molecular complexity index is 95.6. The third kappa shape index (κ3) is 11.8. The van der Waals surface area contributed by atoms with Crippen molar-refractivity contribution in [3.8, 4) is 0 Å². The fraction of sp³-hybridized carbons (Fsp3) is 0.889. The lowest BCUT2D eigenvalue weighted by Gasteiger charge is -2.07. The molecule has 0 aromatic carbocycles. The summed E-state index contributed by atoms with van der Waals surface area (Å²) in [5.41, 5.74) is 0. The van der Waals surface area contributed by atoms with Crippen molar-refractivity contribution in [3.05, 3.63) is 6.92 Å². The molecule has 0 aromatic rings. The molecule has 0 bridgehead atoms. The van der Waals surface area contributed by atoms with Gasteiger partial charge in [-0.05, 0) is 13.8 Å². The first-order chi connectivity index (χ1) is 6.27. The van der Waals surface area contributed by atoms with Crippen LogP contribution in [0, 0.1) is 6.92 Å². The van der Waals surface area contributed by atoms with Crippen molar-refractivity contribution in [3.63, 3.8) is 0 Å². The molecule has 0 saturated heterocycles. The molecular weight excluding hydrogens is 172 g/mol. The molecule has 1 radical (unpaired) electrons. The molecule has 0 amide bonds. The summed E-state index contributed by atoms with van der Waals surface area (Å²) in [5.74, 6) is 0. The second kappa shape index (κ2) is 9.92. The Kier molecular flexibility index (Phi) is 9.80. The molecule has 0 rings (SSSR count). The van der Waals surface area contributed by atoms with Gasteiger partial charge in [0.1, 0.15) is 0 Å². The highest BCUT2D eigenvalue weighted by Gasteiger charge is 1.93. The van der Waals surface area contributed by atoms with E-state index in [2.05, 4.69) is 6.92 Å². The minimum absolute atomic E-state index is 0.00855. The lowest BCUT2D eigenvalue weighted by Crippen LogP contribution is -2.13. The molecule has 1 atom stereocenters. The highest BCUT2D eigenvalue weighted by molar-refractivity contribution is 4.48. The number of hydrogen-bond donors (Lipinski definition) is 1. The molecule has 13 heavy (non-hydrogen) atoms. The highest BCUT2D eigenvalue weighted by atomic mass is 16.5. The highest BCUT2D eigenvalue weighted by Crippen LogP contribution is 1.86. The van der Waals surface area contributed by atoms with E-state index in [1.54, 1.807) is 0 Å². The van der Waals surface area contributed by atoms with Crippen LogP contribution >= 0.6 is 0 Å². The molecule has 0 spiro atoms. The van der Waals surface area contributed by atoms with Crippen molar-refractivity contribution in [1.29, 1.82) is 0 Å². The first-order valence-corrected chi connectivity index (χ1v) is 4.48. The molecule has 0 saturated carbocycles. The molecule has 0 aliphatic heterocycles. The van der Waals surface area contributed by atoms with Crippen LogP contribution in [0.4, 0.5) is 0 Å². The van der Waals surface area contributed by atoms with E-state index >= 15 is 0 Å². The number of aliphatic hydroxyl groups is 1. The molecule has 1 unspecified atom stereocenters. The van der Waals surface area contributed by atoms with Crippen LogP contribution in [0.25, 0.3) is 0 Å². The summed E-state index contributed by atoms with van der Waals surface area (Å²) in [7, 11) is 0. The quantitative estimate of drug-likeness (QED) is 0.531. The molecule has 4 heteroatoms. The average Bonchev–Trinajstić information content (AvgIpc) is 2.09. The van der Waals surface area contributed by atoms with E-state index in [1.807, 2.05) is 6.92 Å². The molecule has 1 N–H and O–H groups in total. The summed E-state index contributed by atoms with van der Waals surface area (Å²) in [6, 6.07) is 0. The number of hydrogen-bond acceptors (Lipinski definition) is 4. The zero-order chi connectivity index (χ0) is 9.94. The number of ether oxygens (including phenoxy) is 3. The van der Waals surface area contributed by atoms with Gasteiger partial charge in [0, 0.05) is 0 Å². The van der Waals surface area contributed by atoms with Crippen LogP contribution in [0.1, 0.15) is 6.92 Å². The molecule has 0 heterocycles. The first-order valence-electron chi connectivity index (χ1n) is 4.48. The second-order valence-corrected chi connectivity index (χ2v) is 2.63. The van der Waals surface area contributed by atoms with E-state index in [0.29, 0.717) is 33.0 Å². The van der Waals surface area contributed by atoms with E-state index in [0.717, 1.165) is 0 Å². The van der Waals surface area contributed by atoms with Crippen LogP contribution < -0.4 is 0 Å². The van der Waals surface area contributed by atoms with Crippen LogP contribution in [-0.4, -0.2) is 50.9 Å². The maximum absolute atomic E-state index is 8.38. The number of aliphatic hydroxyl groups excluding tert-OH is 1. The molecule has 0 aliphatic carbocycles. The Labute approximate surface area is 79.8 Å². The van der Waals surface area contributed by atoms with Gasteiger partial charge in [0.2, 0.25) is 0 Å². The summed E-state index contributed by atoms with van der Waals surface area (Å²) in [4.78, 5) is 0. The van der Waals surface area contributed by atoms with Crippen LogP contribution in [-0.2, 0) is 14.2 Å². The Morgan fingerprint density at radius 2 is 1.62 bits per heavy atom. The first kappa shape index (κ1) is 12.8. The van der Waals surface area contributed by atoms with E-state index in [9.17, 15) is 0 Å². The Hall–Kier alpha value is -0.160. The zero-order valence-corrected chi connectivity index (χ0v) is 8.20. The predicted molar refractivity (Wildman–Crippen MR) is 49.5 cm³/mol. The largest absolute Gasteiger partial charge is 0.394 e. The van der Waals surface area contributed by atoms with Gasteiger partial charge in [-0.25, -0.2) is 0 Å². The minimum Gasteiger partial charge on any atom is -0.394 e. The Balaban J connectivity index is 2.84. The summed E-state index contributed by atoms with van der Waals surface area (Å²) in [6.07, 6.45) is 0.00855. The Morgan fingerprint density at radius 1 is 1.08 bits per heavy atom. The molecule has 0 aromatic heterocycles. The van der Waals surface area contributed by atoms with Crippen LogP contribution in [0.5, 0.6) is 0 Å². The van der Waals surface area contributed by atoms with Crippen molar-refractivity contribution < 1.29 is 19.3 Å². The van der Waals surface area contributed by atoms with Crippen molar-refractivity contribution in [1.82, 2.24) is 0 Å². The standard InChI is InChI=1S/C9H19O4/c1-9(2)13-8-7-12-6-5-11-4-3-10/h9-10H,1,3-8H2,2H3. The van der Waals surface area contributed by atoms with Gasteiger partial charge < -0.3 is 19.3 Å². The van der Waals surface area contributed by atoms with Gasteiger partial charge in [0.25, 0.3) is 0 Å². The lowest BCUT2D eigenvalue weighted by atomic mass is 10.5. The van der Waals surface area contributed by atoms with Crippen molar-refractivity contribution in [2.75, 3.05) is 39.6 Å². The second-order valence-electron chi connectivity index (χ2n) is 2.63. The van der Waals surface area contributed by atoms with E-state index in [4.69, 9.17) is 19.3 Å². The predicted octanol–water partition coefficient (Wildman–Crippen LogP) is 0.251. The van der Waals surface area contributed by atoms with Crippen molar-refractivity contribution >= 4 is 0 Å². The molecule has 0 fully saturated rings. The molecule has 4 nitrogen and oxygen atoms in total. The van der Waals surface area contributed by atoms with Gasteiger partial charge in [-0.15, -0.1) is 0 Å². The van der Waals surface area contributed by atoms with Crippen LogP contribution in [0.2, 0.25) is 0 Å². The fourth-order valence-corrected chi connectivity index (χ4v) is 0.695. The lowest BCUT2D eigenvalue weighted by molar-refractivity contribution is -0.00100. The van der Waals surface area contributed by atoms with Gasteiger partial charge in [-0.2, -0.15) is 0 Å². The summed E-state index contributed by atoms with van der Waals surface area (Å²) in [6.45, 7) is 8.14. The SMILES string of the molecule is [CH2]C(C)OCCOCCOCCO. The van der Waals surface area contributed by atoms with Crippen molar-refractivity contribution in [2.45, 2.75) is 13.0 Å². The molecular formula is C9H19O4. The van der Waals surface area contributed by atoms with Crippen LogP contribution in [0.15, 0.2) is 0 Å². The molecule has 79 valence electrons. The van der Waals surface area contributed by atoms with Crippen LogP contribution in [0.3, 0.4) is 0 Å². The molecule has 0 aliphatic rings.